The zero-order valence-electron chi connectivity index (χ0n) is 13.5. The number of aliphatic hydroxyl groups is 1. The maximum Gasteiger partial charge on any atom is 0.0841 e. The van der Waals surface area contributed by atoms with Crippen molar-refractivity contribution in [2.45, 2.75) is 53.6 Å². The highest BCUT2D eigenvalue weighted by atomic mass is 16.3. The maximum absolute atomic E-state index is 10.7. The quantitative estimate of drug-likeness (QED) is 0.788. The third-order valence-electron chi connectivity index (χ3n) is 4.51. The molecule has 2 unspecified atom stereocenters. The number of hydrogen-bond donors (Lipinski definition) is 1. The van der Waals surface area contributed by atoms with Crippen LogP contribution in [0.4, 0.5) is 0 Å². The normalized spacial score (nSPS) is 21.1. The average molecular weight is 270 g/mol. The molecule has 0 saturated carbocycles. The second-order valence-corrected chi connectivity index (χ2v) is 7.03. The van der Waals surface area contributed by atoms with Gasteiger partial charge in [-0.2, -0.15) is 0 Å². The highest BCUT2D eigenvalue weighted by Gasteiger charge is 2.29. The van der Waals surface area contributed by atoms with E-state index >= 15 is 0 Å². The van der Waals surface area contributed by atoms with E-state index in [0.717, 1.165) is 5.56 Å². The van der Waals surface area contributed by atoms with Crippen LogP contribution in [0.2, 0.25) is 0 Å². The lowest BCUT2D eigenvalue weighted by molar-refractivity contribution is 0.0618. The lowest BCUT2D eigenvalue weighted by Crippen LogP contribution is -2.19. The minimum Gasteiger partial charge on any atom is -0.388 e. The minimum atomic E-state index is -0.443. The Morgan fingerprint density at radius 1 is 1.05 bits per heavy atom. The summed E-state index contributed by atoms with van der Waals surface area (Å²) in [6, 6.07) is 8.31. The van der Waals surface area contributed by atoms with Gasteiger partial charge in [0.05, 0.1) is 6.10 Å². The van der Waals surface area contributed by atoms with Gasteiger partial charge in [0.2, 0.25) is 0 Å². The molecule has 2 rings (SSSR count). The fourth-order valence-corrected chi connectivity index (χ4v) is 2.88. The van der Waals surface area contributed by atoms with Gasteiger partial charge in [0.1, 0.15) is 0 Å². The van der Waals surface area contributed by atoms with E-state index in [0.29, 0.717) is 5.92 Å². The summed E-state index contributed by atoms with van der Waals surface area (Å²) in [6.07, 6.45) is 1.87. The van der Waals surface area contributed by atoms with Gasteiger partial charge in [0, 0.05) is 5.92 Å². The van der Waals surface area contributed by atoms with Crippen LogP contribution in [0.15, 0.2) is 47.1 Å². The Morgan fingerprint density at radius 3 is 2.15 bits per heavy atom. The summed E-state index contributed by atoms with van der Waals surface area (Å²) >= 11 is 0. The molecule has 1 aromatic rings. The first-order valence-corrected chi connectivity index (χ1v) is 7.36. The Kier molecular flexibility index (Phi) is 3.93. The number of aliphatic hydroxyl groups excluding tert-OH is 1. The molecule has 0 aromatic heterocycles. The van der Waals surface area contributed by atoms with Gasteiger partial charge in [0.15, 0.2) is 0 Å². The summed E-state index contributed by atoms with van der Waals surface area (Å²) in [6.45, 7) is 12.8. The van der Waals surface area contributed by atoms with Crippen molar-refractivity contribution in [2.24, 2.45) is 5.41 Å². The first kappa shape index (κ1) is 15.1. The number of allylic oxidation sites excluding steroid dienone is 4. The van der Waals surface area contributed by atoms with Crippen molar-refractivity contribution in [1.29, 1.82) is 0 Å². The van der Waals surface area contributed by atoms with E-state index in [9.17, 15) is 5.11 Å². The van der Waals surface area contributed by atoms with Crippen molar-refractivity contribution in [3.05, 3.63) is 58.2 Å². The molecule has 0 amide bonds. The zero-order valence-corrected chi connectivity index (χ0v) is 13.5. The van der Waals surface area contributed by atoms with E-state index in [-0.39, 0.29) is 5.41 Å². The topological polar surface area (TPSA) is 20.2 Å². The van der Waals surface area contributed by atoms with Crippen molar-refractivity contribution in [2.75, 3.05) is 0 Å². The van der Waals surface area contributed by atoms with Crippen LogP contribution < -0.4 is 0 Å². The molecule has 0 fully saturated rings. The van der Waals surface area contributed by atoms with Gasteiger partial charge in [0.25, 0.3) is 0 Å². The minimum absolute atomic E-state index is 0.153. The van der Waals surface area contributed by atoms with Crippen LogP contribution in [0.1, 0.15) is 64.7 Å². The van der Waals surface area contributed by atoms with Gasteiger partial charge in [-0.05, 0) is 42.9 Å². The molecule has 0 radical (unpaired) electrons. The van der Waals surface area contributed by atoms with Gasteiger partial charge in [-0.1, -0.05) is 62.3 Å². The summed E-state index contributed by atoms with van der Waals surface area (Å²) in [4.78, 5) is 0. The van der Waals surface area contributed by atoms with Crippen LogP contribution in [0.5, 0.6) is 0 Å². The summed E-state index contributed by atoms with van der Waals surface area (Å²) in [7, 11) is 0. The first-order chi connectivity index (χ1) is 9.23. The molecule has 2 atom stereocenters. The highest BCUT2D eigenvalue weighted by Crippen LogP contribution is 2.42. The Labute approximate surface area is 123 Å². The number of rotatable bonds is 2. The molecular weight excluding hydrogens is 244 g/mol. The van der Waals surface area contributed by atoms with Gasteiger partial charge in [-0.25, -0.2) is 0 Å². The SMILES string of the molecule is CC1=CC(c2ccccc2C(O)C(C)(C)C)C(C)=C1C. The van der Waals surface area contributed by atoms with Crippen LogP contribution in [-0.4, -0.2) is 5.11 Å². The zero-order chi connectivity index (χ0) is 15.1. The third kappa shape index (κ3) is 2.60. The Bertz CT molecular complexity index is 570. The van der Waals surface area contributed by atoms with Crippen molar-refractivity contribution < 1.29 is 5.11 Å². The van der Waals surface area contributed by atoms with E-state index < -0.39 is 6.10 Å². The van der Waals surface area contributed by atoms with Crippen LogP contribution in [0.25, 0.3) is 0 Å². The standard InChI is InChI=1S/C19H26O/c1-12-11-17(14(3)13(12)2)15-9-7-8-10-16(15)18(20)19(4,5)6/h7-11,17-18,20H,1-6H3. The second-order valence-electron chi connectivity index (χ2n) is 7.03. The third-order valence-corrected chi connectivity index (χ3v) is 4.51. The van der Waals surface area contributed by atoms with Crippen molar-refractivity contribution in [1.82, 2.24) is 0 Å². The number of benzene rings is 1. The monoisotopic (exact) mass is 270 g/mol. The largest absolute Gasteiger partial charge is 0.388 e. The molecule has 1 N–H and O–H groups in total. The summed E-state index contributed by atoms with van der Waals surface area (Å²) in [5, 5.41) is 10.7. The summed E-state index contributed by atoms with van der Waals surface area (Å²) < 4.78 is 0. The van der Waals surface area contributed by atoms with E-state index in [1.165, 1.54) is 22.3 Å². The van der Waals surface area contributed by atoms with Crippen molar-refractivity contribution >= 4 is 0 Å². The fraction of sp³-hybridized carbons (Fsp3) is 0.474. The molecular formula is C19H26O. The molecule has 0 heterocycles. The Hall–Kier alpha value is -1.34. The predicted octanol–water partition coefficient (Wildman–Crippen LogP) is 5.15. The molecule has 0 spiro atoms. The van der Waals surface area contributed by atoms with E-state index in [2.05, 4.69) is 65.8 Å². The van der Waals surface area contributed by atoms with E-state index in [1.54, 1.807) is 0 Å². The lowest BCUT2D eigenvalue weighted by Gasteiger charge is -2.29. The van der Waals surface area contributed by atoms with Gasteiger partial charge >= 0.3 is 0 Å². The smallest absolute Gasteiger partial charge is 0.0841 e. The Balaban J connectivity index is 2.51. The maximum atomic E-state index is 10.7. The Morgan fingerprint density at radius 2 is 1.65 bits per heavy atom. The lowest BCUT2D eigenvalue weighted by atomic mass is 9.79. The van der Waals surface area contributed by atoms with E-state index in [4.69, 9.17) is 0 Å². The molecule has 1 aliphatic rings. The average Bonchev–Trinajstić information content (AvgIpc) is 2.64. The molecule has 20 heavy (non-hydrogen) atoms. The van der Waals surface area contributed by atoms with E-state index in [1.807, 2.05) is 6.07 Å². The molecule has 0 bridgehead atoms. The molecule has 1 aromatic carbocycles. The molecule has 1 nitrogen and oxygen atoms in total. The molecule has 0 aliphatic heterocycles. The molecule has 0 saturated heterocycles. The van der Waals surface area contributed by atoms with Crippen LogP contribution >= 0.6 is 0 Å². The predicted molar refractivity (Wildman–Crippen MR) is 85.7 cm³/mol. The summed E-state index contributed by atoms with van der Waals surface area (Å²) in [5.74, 6) is 0.309. The second kappa shape index (κ2) is 5.21. The highest BCUT2D eigenvalue weighted by molar-refractivity contribution is 5.51. The fourth-order valence-electron chi connectivity index (χ4n) is 2.88. The van der Waals surface area contributed by atoms with Gasteiger partial charge in [-0.3, -0.25) is 0 Å². The first-order valence-electron chi connectivity index (χ1n) is 7.36. The van der Waals surface area contributed by atoms with Gasteiger partial charge < -0.3 is 5.11 Å². The van der Waals surface area contributed by atoms with Crippen molar-refractivity contribution in [3.8, 4) is 0 Å². The van der Waals surface area contributed by atoms with Crippen LogP contribution in [-0.2, 0) is 0 Å². The van der Waals surface area contributed by atoms with Crippen LogP contribution in [0, 0.1) is 5.41 Å². The van der Waals surface area contributed by atoms with Crippen molar-refractivity contribution in [3.63, 3.8) is 0 Å². The molecule has 1 aliphatic carbocycles. The summed E-state index contributed by atoms with van der Waals surface area (Å²) in [5.41, 5.74) is 6.28. The molecule has 1 heteroatoms. The number of hydrogen-bond acceptors (Lipinski definition) is 1. The van der Waals surface area contributed by atoms with Gasteiger partial charge in [-0.15, -0.1) is 0 Å². The van der Waals surface area contributed by atoms with Crippen LogP contribution in [0.3, 0.4) is 0 Å². The molecule has 108 valence electrons.